The maximum Gasteiger partial charge on any atom is 0.437 e. The Hall–Kier alpha value is -4.09. The van der Waals surface area contributed by atoms with Crippen LogP contribution in [0.2, 0.25) is 0 Å². The first-order valence-corrected chi connectivity index (χ1v) is 13.4. The van der Waals surface area contributed by atoms with Crippen LogP contribution < -0.4 is 15.1 Å². The molecule has 2 fully saturated rings. The third-order valence-electron chi connectivity index (χ3n) is 7.09. The molecule has 2 aliphatic rings. The van der Waals surface area contributed by atoms with Crippen LogP contribution in [0.4, 0.5) is 30.7 Å². The number of halogens is 3. The van der Waals surface area contributed by atoms with Gasteiger partial charge in [-0.25, -0.2) is 4.98 Å². The smallest absolute Gasteiger partial charge is 0.417 e. The average molecular weight is 557 g/mol. The van der Waals surface area contributed by atoms with E-state index in [1.807, 2.05) is 40.1 Å². The summed E-state index contributed by atoms with van der Waals surface area (Å²) in [5.74, 6) is -1.18. The van der Waals surface area contributed by atoms with Gasteiger partial charge in [0.25, 0.3) is 11.9 Å². The Bertz CT molecular complexity index is 1310. The highest BCUT2D eigenvalue weighted by Gasteiger charge is 2.42. The number of carbonyl (C=O) groups excluding carboxylic acids is 2. The molecule has 5 rings (SSSR count). The van der Waals surface area contributed by atoms with Crippen molar-refractivity contribution in [2.24, 2.45) is 0 Å². The fraction of sp³-hybridized carbons (Fsp3) is 0.429. The first-order valence-electron chi connectivity index (χ1n) is 13.4. The van der Waals surface area contributed by atoms with Gasteiger partial charge in [0.1, 0.15) is 5.82 Å². The van der Waals surface area contributed by atoms with E-state index in [1.165, 1.54) is 6.20 Å². The monoisotopic (exact) mass is 556 g/mol. The molecule has 12 heteroatoms. The van der Waals surface area contributed by atoms with Crippen LogP contribution in [0.15, 0.2) is 53.1 Å². The summed E-state index contributed by atoms with van der Waals surface area (Å²) in [7, 11) is 0. The zero-order valence-electron chi connectivity index (χ0n) is 22.0. The average Bonchev–Trinajstić information content (AvgIpc) is 3.28. The predicted octanol–water partition coefficient (Wildman–Crippen LogP) is 4.61. The van der Waals surface area contributed by atoms with E-state index in [2.05, 4.69) is 15.3 Å². The predicted molar refractivity (Wildman–Crippen MR) is 143 cm³/mol. The van der Waals surface area contributed by atoms with Gasteiger partial charge >= 0.3 is 6.18 Å². The molecule has 0 spiro atoms. The van der Waals surface area contributed by atoms with Crippen LogP contribution in [0.5, 0.6) is 0 Å². The summed E-state index contributed by atoms with van der Waals surface area (Å²) >= 11 is 0. The van der Waals surface area contributed by atoms with E-state index in [4.69, 9.17) is 4.42 Å². The third-order valence-corrected chi connectivity index (χ3v) is 7.09. The van der Waals surface area contributed by atoms with Crippen molar-refractivity contribution in [3.05, 3.63) is 65.7 Å². The van der Waals surface area contributed by atoms with Crippen molar-refractivity contribution in [3.63, 3.8) is 0 Å². The second-order valence-electron chi connectivity index (χ2n) is 9.96. The number of amides is 2. The lowest BCUT2D eigenvalue weighted by molar-refractivity contribution is -0.141. The summed E-state index contributed by atoms with van der Waals surface area (Å²) in [5, 5.41) is 2.45. The lowest BCUT2D eigenvalue weighted by Crippen LogP contribution is -2.36. The highest BCUT2D eigenvalue weighted by atomic mass is 19.4. The molecule has 0 aliphatic carbocycles. The zero-order valence-corrected chi connectivity index (χ0v) is 22.0. The normalized spacial score (nSPS) is 16.5. The van der Waals surface area contributed by atoms with Gasteiger partial charge in [-0.05, 0) is 43.4 Å². The molecule has 212 valence electrons. The zero-order chi connectivity index (χ0) is 28.1. The van der Waals surface area contributed by atoms with Crippen LogP contribution in [0.1, 0.15) is 47.5 Å². The number of rotatable bonds is 6. The van der Waals surface area contributed by atoms with Crippen LogP contribution in [-0.4, -0.2) is 66.0 Å². The number of alkyl halides is 3. The van der Waals surface area contributed by atoms with Crippen molar-refractivity contribution in [2.75, 3.05) is 54.4 Å². The molecule has 2 aliphatic heterocycles. The van der Waals surface area contributed by atoms with Crippen molar-refractivity contribution >= 4 is 29.3 Å². The number of nitrogens with zero attached hydrogens (tertiary/aromatic N) is 5. The van der Waals surface area contributed by atoms with Gasteiger partial charge in [0, 0.05) is 39.3 Å². The first kappa shape index (κ1) is 27.5. The summed E-state index contributed by atoms with van der Waals surface area (Å²) in [6.07, 6.45) is 0.313. The minimum atomic E-state index is -4.84. The molecule has 2 amide bonds. The molecule has 1 N–H and O–H groups in total. The van der Waals surface area contributed by atoms with E-state index >= 15 is 0 Å². The molecular formula is C28H31F3N6O3. The molecule has 0 radical (unpaired) electrons. The van der Waals surface area contributed by atoms with E-state index < -0.39 is 23.5 Å². The van der Waals surface area contributed by atoms with Gasteiger partial charge in [-0.1, -0.05) is 30.3 Å². The molecule has 40 heavy (non-hydrogen) atoms. The summed E-state index contributed by atoms with van der Waals surface area (Å²) in [6, 6.07) is 12.7. The SMILES string of the molecule is O=C(Nc1ccc(N2CCCN(C(=O)Cc3ccccc3)CC2)nc1)c1oc(N2CCCCC2)nc1C(F)(F)F. The van der Waals surface area contributed by atoms with Gasteiger partial charge in [0.15, 0.2) is 5.69 Å². The Morgan fingerprint density at radius 2 is 1.62 bits per heavy atom. The maximum absolute atomic E-state index is 13.6. The lowest BCUT2D eigenvalue weighted by Gasteiger charge is -2.24. The van der Waals surface area contributed by atoms with E-state index in [-0.39, 0.29) is 17.6 Å². The Kier molecular flexibility index (Phi) is 8.22. The van der Waals surface area contributed by atoms with Gasteiger partial charge in [0.05, 0.1) is 18.3 Å². The van der Waals surface area contributed by atoms with E-state index in [9.17, 15) is 22.8 Å². The van der Waals surface area contributed by atoms with Crippen molar-refractivity contribution < 1.29 is 27.2 Å². The number of pyridine rings is 1. The highest BCUT2D eigenvalue weighted by molar-refractivity contribution is 6.03. The number of nitrogens with one attached hydrogen (secondary N) is 1. The second kappa shape index (κ2) is 12.0. The van der Waals surface area contributed by atoms with E-state index in [0.717, 1.165) is 31.2 Å². The van der Waals surface area contributed by atoms with Crippen molar-refractivity contribution in [1.82, 2.24) is 14.9 Å². The van der Waals surface area contributed by atoms with Crippen LogP contribution in [0.3, 0.4) is 0 Å². The molecule has 3 aromatic rings. The molecule has 0 atom stereocenters. The van der Waals surface area contributed by atoms with E-state index in [1.54, 1.807) is 17.0 Å². The largest absolute Gasteiger partial charge is 0.437 e. The van der Waals surface area contributed by atoms with Crippen molar-refractivity contribution in [2.45, 2.75) is 38.3 Å². The van der Waals surface area contributed by atoms with Crippen LogP contribution in [0.25, 0.3) is 0 Å². The van der Waals surface area contributed by atoms with Gasteiger partial charge in [-0.15, -0.1) is 0 Å². The number of benzene rings is 1. The Labute approximate surface area is 230 Å². The number of carbonyl (C=O) groups is 2. The van der Waals surface area contributed by atoms with Gasteiger partial charge in [-0.2, -0.15) is 18.2 Å². The molecule has 0 saturated carbocycles. The van der Waals surface area contributed by atoms with Gasteiger partial charge in [0.2, 0.25) is 11.7 Å². The minimum absolute atomic E-state index is 0.0770. The quantitative estimate of drug-likeness (QED) is 0.474. The summed E-state index contributed by atoms with van der Waals surface area (Å²) in [4.78, 5) is 39.1. The third kappa shape index (κ3) is 6.54. The summed E-state index contributed by atoms with van der Waals surface area (Å²) in [6.45, 7) is 3.54. The minimum Gasteiger partial charge on any atom is -0.417 e. The molecule has 2 saturated heterocycles. The summed E-state index contributed by atoms with van der Waals surface area (Å²) in [5.41, 5.74) is -0.137. The molecule has 1 aromatic carbocycles. The maximum atomic E-state index is 13.6. The molecule has 9 nitrogen and oxygen atoms in total. The van der Waals surface area contributed by atoms with Crippen molar-refractivity contribution in [3.8, 4) is 0 Å². The number of hydrogen-bond acceptors (Lipinski definition) is 7. The lowest BCUT2D eigenvalue weighted by atomic mass is 10.1. The topological polar surface area (TPSA) is 94.8 Å². The number of aromatic nitrogens is 2. The molecule has 0 unspecified atom stereocenters. The van der Waals surface area contributed by atoms with Crippen molar-refractivity contribution in [1.29, 1.82) is 0 Å². The van der Waals surface area contributed by atoms with Crippen LogP contribution in [0, 0.1) is 0 Å². The summed E-state index contributed by atoms with van der Waals surface area (Å²) < 4.78 is 46.3. The van der Waals surface area contributed by atoms with Gasteiger partial charge < -0.3 is 24.4 Å². The number of hydrogen-bond donors (Lipinski definition) is 1. The second-order valence-corrected chi connectivity index (χ2v) is 9.96. The molecule has 0 bridgehead atoms. The highest BCUT2D eigenvalue weighted by Crippen LogP contribution is 2.35. The van der Waals surface area contributed by atoms with Gasteiger partial charge in [-0.3, -0.25) is 9.59 Å². The van der Waals surface area contributed by atoms with Crippen LogP contribution >= 0.6 is 0 Å². The molecular weight excluding hydrogens is 525 g/mol. The Morgan fingerprint density at radius 1 is 0.875 bits per heavy atom. The standard InChI is InChI=1S/C28H31F3N6O3/c29-28(30,31)25-24(40-27(34-25)37-12-5-2-6-13-37)26(39)33-21-10-11-22(32-19-21)35-14-7-15-36(17-16-35)23(38)18-20-8-3-1-4-9-20/h1,3-4,8-11,19H,2,5-7,12-18H2,(H,33,39). The number of piperidine rings is 1. The Balaban J connectivity index is 1.21. The van der Waals surface area contributed by atoms with E-state index in [0.29, 0.717) is 51.5 Å². The molecule has 2 aromatic heterocycles. The first-order chi connectivity index (χ1) is 19.3. The number of anilines is 3. The fourth-order valence-electron chi connectivity index (χ4n) is 4.99. The van der Waals surface area contributed by atoms with Crippen LogP contribution in [-0.2, 0) is 17.4 Å². The number of oxazole rings is 1. The molecule has 4 heterocycles. The Morgan fingerprint density at radius 3 is 2.33 bits per heavy atom. The fourth-order valence-corrected chi connectivity index (χ4v) is 4.99.